The van der Waals surface area contributed by atoms with Crippen molar-refractivity contribution in [2.24, 2.45) is 5.92 Å². The van der Waals surface area contributed by atoms with Gasteiger partial charge in [0.2, 0.25) is 11.8 Å². The Balaban J connectivity index is 1.38. The number of benzene rings is 2. The normalized spacial score (nSPS) is 18.2. The van der Waals surface area contributed by atoms with E-state index >= 15 is 0 Å². The van der Waals surface area contributed by atoms with Gasteiger partial charge in [-0.25, -0.2) is 4.39 Å². The van der Waals surface area contributed by atoms with Crippen molar-refractivity contribution < 1.29 is 23.5 Å². The zero-order chi connectivity index (χ0) is 25.7. The standard InChI is InChI=1S/C28H34FN3O4/c1-19-5-3-7-25(20(19)2)30-26(33)18-32(17-24-6-4-16-36-24)28(35)22-12-14-31(15-13-22)27(34)21-8-10-23(29)11-9-21/h3,5,7-11,22,24H,4,6,12-18H2,1-2H3,(H,30,33). The first-order chi connectivity index (χ1) is 17.3. The number of carbonyl (C=O) groups is 3. The molecule has 2 heterocycles. The number of piperidine rings is 1. The van der Waals surface area contributed by atoms with Gasteiger partial charge in [-0.2, -0.15) is 0 Å². The third-order valence-corrected chi connectivity index (χ3v) is 7.20. The summed E-state index contributed by atoms with van der Waals surface area (Å²) < 4.78 is 19.0. The van der Waals surface area contributed by atoms with Crippen LogP contribution in [-0.4, -0.2) is 66.4 Å². The van der Waals surface area contributed by atoms with Crippen LogP contribution in [0.2, 0.25) is 0 Å². The van der Waals surface area contributed by atoms with E-state index in [4.69, 9.17) is 4.74 Å². The average molecular weight is 496 g/mol. The van der Waals surface area contributed by atoms with Crippen LogP contribution in [-0.2, 0) is 14.3 Å². The second-order valence-corrected chi connectivity index (χ2v) is 9.72. The SMILES string of the molecule is Cc1cccc(NC(=O)CN(CC2CCCO2)C(=O)C2CCN(C(=O)c3ccc(F)cc3)CC2)c1C. The first kappa shape index (κ1) is 25.8. The fraction of sp³-hybridized carbons (Fsp3) is 0.464. The lowest BCUT2D eigenvalue weighted by Crippen LogP contribution is -2.48. The van der Waals surface area contributed by atoms with Gasteiger partial charge in [-0.15, -0.1) is 0 Å². The number of hydrogen-bond acceptors (Lipinski definition) is 4. The summed E-state index contributed by atoms with van der Waals surface area (Å²) in [6, 6.07) is 11.3. The molecule has 0 bridgehead atoms. The molecule has 1 N–H and O–H groups in total. The molecule has 2 aromatic rings. The molecule has 36 heavy (non-hydrogen) atoms. The Hall–Kier alpha value is -3.26. The molecule has 0 aromatic heterocycles. The zero-order valence-electron chi connectivity index (χ0n) is 21.0. The third kappa shape index (κ3) is 6.29. The van der Waals surface area contributed by atoms with Crippen LogP contribution < -0.4 is 5.32 Å². The van der Waals surface area contributed by atoms with Crippen LogP contribution in [0.1, 0.15) is 47.2 Å². The molecule has 4 rings (SSSR count). The fourth-order valence-electron chi connectivity index (χ4n) is 4.88. The molecule has 0 aliphatic carbocycles. The minimum absolute atomic E-state index is 0.0409. The second kappa shape index (κ2) is 11.6. The Bertz CT molecular complexity index is 1090. The van der Waals surface area contributed by atoms with Crippen molar-refractivity contribution in [1.82, 2.24) is 9.80 Å². The molecule has 2 fully saturated rings. The quantitative estimate of drug-likeness (QED) is 0.631. The second-order valence-electron chi connectivity index (χ2n) is 9.72. The largest absolute Gasteiger partial charge is 0.376 e. The smallest absolute Gasteiger partial charge is 0.253 e. The van der Waals surface area contributed by atoms with Gasteiger partial charge >= 0.3 is 0 Å². The number of rotatable bonds is 7. The van der Waals surface area contributed by atoms with Crippen LogP contribution in [0.3, 0.4) is 0 Å². The van der Waals surface area contributed by atoms with Crippen molar-refractivity contribution in [3.8, 4) is 0 Å². The molecule has 0 spiro atoms. The van der Waals surface area contributed by atoms with E-state index in [0.29, 0.717) is 44.6 Å². The van der Waals surface area contributed by atoms with E-state index in [1.807, 2.05) is 32.0 Å². The summed E-state index contributed by atoms with van der Waals surface area (Å²) in [5.74, 6) is -1.12. The van der Waals surface area contributed by atoms with Gasteiger partial charge in [-0.05, 0) is 81.0 Å². The van der Waals surface area contributed by atoms with E-state index in [2.05, 4.69) is 5.32 Å². The Morgan fingerprint density at radius 3 is 2.44 bits per heavy atom. The number of aryl methyl sites for hydroxylation is 1. The molecule has 7 nitrogen and oxygen atoms in total. The van der Waals surface area contributed by atoms with Crippen LogP contribution in [0.15, 0.2) is 42.5 Å². The van der Waals surface area contributed by atoms with Crippen LogP contribution in [0.25, 0.3) is 0 Å². The number of nitrogens with one attached hydrogen (secondary N) is 1. The van der Waals surface area contributed by atoms with E-state index in [-0.39, 0.29) is 42.1 Å². The van der Waals surface area contributed by atoms with Crippen LogP contribution in [0, 0.1) is 25.6 Å². The van der Waals surface area contributed by atoms with E-state index < -0.39 is 0 Å². The van der Waals surface area contributed by atoms with Gasteiger partial charge in [-0.3, -0.25) is 14.4 Å². The predicted molar refractivity (Wildman–Crippen MR) is 135 cm³/mol. The summed E-state index contributed by atoms with van der Waals surface area (Å²) >= 11 is 0. The summed E-state index contributed by atoms with van der Waals surface area (Å²) in [5, 5.41) is 2.96. The summed E-state index contributed by atoms with van der Waals surface area (Å²) in [5.41, 5.74) is 3.27. The molecule has 1 atom stereocenters. The summed E-state index contributed by atoms with van der Waals surface area (Å²) in [6.45, 7) is 5.84. The Morgan fingerprint density at radius 2 is 1.78 bits per heavy atom. The molecule has 0 saturated carbocycles. The Morgan fingerprint density at radius 1 is 1.06 bits per heavy atom. The highest BCUT2D eigenvalue weighted by Gasteiger charge is 2.33. The number of carbonyl (C=O) groups excluding carboxylic acids is 3. The molecular weight excluding hydrogens is 461 g/mol. The molecule has 2 aliphatic heterocycles. The van der Waals surface area contributed by atoms with Gasteiger partial charge in [0, 0.05) is 43.4 Å². The Kier molecular flexibility index (Phi) is 8.36. The molecule has 1 unspecified atom stereocenters. The highest BCUT2D eigenvalue weighted by atomic mass is 19.1. The number of ether oxygens (including phenoxy) is 1. The molecule has 0 radical (unpaired) electrons. The lowest BCUT2D eigenvalue weighted by Gasteiger charge is -2.35. The number of halogens is 1. The maximum absolute atomic E-state index is 13.5. The Labute approximate surface area is 211 Å². The molecule has 2 saturated heterocycles. The topological polar surface area (TPSA) is 79.0 Å². The van der Waals surface area contributed by atoms with Crippen LogP contribution in [0.5, 0.6) is 0 Å². The average Bonchev–Trinajstić information content (AvgIpc) is 3.39. The predicted octanol–water partition coefficient (Wildman–Crippen LogP) is 3.94. The van der Waals surface area contributed by atoms with Crippen LogP contribution >= 0.6 is 0 Å². The van der Waals surface area contributed by atoms with Gasteiger partial charge in [0.1, 0.15) is 5.82 Å². The van der Waals surface area contributed by atoms with E-state index in [1.165, 1.54) is 24.3 Å². The lowest BCUT2D eigenvalue weighted by molar-refractivity contribution is -0.141. The van der Waals surface area contributed by atoms with Crippen molar-refractivity contribution >= 4 is 23.4 Å². The third-order valence-electron chi connectivity index (χ3n) is 7.20. The minimum atomic E-state index is -0.385. The van der Waals surface area contributed by atoms with Gasteiger partial charge < -0.3 is 19.9 Å². The molecular formula is C28H34FN3O4. The zero-order valence-corrected chi connectivity index (χ0v) is 21.0. The highest BCUT2D eigenvalue weighted by molar-refractivity contribution is 5.96. The van der Waals surface area contributed by atoms with E-state index in [0.717, 1.165) is 29.7 Å². The molecule has 2 aromatic carbocycles. The van der Waals surface area contributed by atoms with Gasteiger partial charge in [-0.1, -0.05) is 12.1 Å². The number of anilines is 1. The van der Waals surface area contributed by atoms with Gasteiger partial charge in [0.25, 0.3) is 5.91 Å². The molecule has 2 aliphatic rings. The first-order valence-corrected chi connectivity index (χ1v) is 12.6. The minimum Gasteiger partial charge on any atom is -0.376 e. The van der Waals surface area contributed by atoms with Crippen LogP contribution in [0.4, 0.5) is 10.1 Å². The number of hydrogen-bond donors (Lipinski definition) is 1. The molecule has 3 amide bonds. The summed E-state index contributed by atoms with van der Waals surface area (Å²) in [6.07, 6.45) is 2.79. The monoisotopic (exact) mass is 495 g/mol. The van der Waals surface area contributed by atoms with E-state index in [1.54, 1.807) is 9.80 Å². The highest BCUT2D eigenvalue weighted by Crippen LogP contribution is 2.24. The number of nitrogens with zero attached hydrogens (tertiary/aromatic N) is 2. The number of amides is 3. The van der Waals surface area contributed by atoms with Crippen molar-refractivity contribution in [2.75, 3.05) is 38.1 Å². The van der Waals surface area contributed by atoms with Crippen molar-refractivity contribution in [3.63, 3.8) is 0 Å². The van der Waals surface area contributed by atoms with Gasteiger partial charge in [0.15, 0.2) is 0 Å². The lowest BCUT2D eigenvalue weighted by atomic mass is 9.94. The summed E-state index contributed by atoms with van der Waals surface area (Å²) in [7, 11) is 0. The molecule has 8 heteroatoms. The fourth-order valence-corrected chi connectivity index (χ4v) is 4.88. The summed E-state index contributed by atoms with van der Waals surface area (Å²) in [4.78, 5) is 42.6. The van der Waals surface area contributed by atoms with Crippen molar-refractivity contribution in [3.05, 3.63) is 65.0 Å². The molecule has 192 valence electrons. The van der Waals surface area contributed by atoms with E-state index in [9.17, 15) is 18.8 Å². The maximum Gasteiger partial charge on any atom is 0.253 e. The first-order valence-electron chi connectivity index (χ1n) is 12.6. The number of likely N-dealkylation sites (tertiary alicyclic amines) is 1. The maximum atomic E-state index is 13.5. The van der Waals surface area contributed by atoms with Crippen molar-refractivity contribution in [1.29, 1.82) is 0 Å². The van der Waals surface area contributed by atoms with Gasteiger partial charge in [0.05, 0.1) is 12.6 Å². The van der Waals surface area contributed by atoms with Crippen molar-refractivity contribution in [2.45, 2.75) is 45.6 Å².